The number of carbonyl (C=O) groups excluding carboxylic acids is 2. The van der Waals surface area contributed by atoms with Gasteiger partial charge in [-0.25, -0.2) is 0 Å². The first-order valence-corrected chi connectivity index (χ1v) is 13.5. The number of Topliss-reactive ketones (excluding diaryl/α,β-unsaturated/α-hetero) is 1. The summed E-state index contributed by atoms with van der Waals surface area (Å²) < 4.78 is 5.30. The lowest BCUT2D eigenvalue weighted by atomic mass is 9.51. The first kappa shape index (κ1) is 22.8. The van der Waals surface area contributed by atoms with Crippen LogP contribution in [-0.4, -0.2) is 11.6 Å². The molecule has 6 rings (SSSR count). The van der Waals surface area contributed by atoms with Crippen molar-refractivity contribution in [3.63, 3.8) is 0 Å². The molecule has 6 atom stereocenters. The molecule has 35 heavy (non-hydrogen) atoms. The maximum absolute atomic E-state index is 13.1. The van der Waals surface area contributed by atoms with Gasteiger partial charge in [0.2, 0.25) is 0 Å². The molecule has 4 aliphatic rings. The first-order chi connectivity index (χ1) is 16.9. The van der Waals surface area contributed by atoms with Crippen LogP contribution >= 0.6 is 0 Å². The number of ketones is 2. The molecule has 0 aliphatic heterocycles. The fourth-order valence-corrected chi connectivity index (χ4v) is 8.68. The first-order valence-electron chi connectivity index (χ1n) is 13.5. The number of fused-ring (bicyclic) bond motifs is 4. The summed E-state index contributed by atoms with van der Waals surface area (Å²) in [6.07, 6.45) is 12.4. The minimum Gasteiger partial charge on any atom is -0.472 e. The van der Waals surface area contributed by atoms with Crippen LogP contribution in [0.1, 0.15) is 77.2 Å². The summed E-state index contributed by atoms with van der Waals surface area (Å²) in [6.45, 7) is 6.53. The highest BCUT2D eigenvalue weighted by Gasteiger charge is 2.60. The molecule has 1 heterocycles. The number of hydrogen-bond acceptors (Lipinski definition) is 3. The third-order valence-electron chi connectivity index (χ3n) is 10.0. The Hall–Kier alpha value is -2.68. The number of allylic oxidation sites excluding steroid dienone is 4. The summed E-state index contributed by atoms with van der Waals surface area (Å²) in [7, 11) is 0. The molecule has 0 bridgehead atoms. The predicted octanol–water partition coefficient (Wildman–Crippen LogP) is 7.69. The second-order valence-electron chi connectivity index (χ2n) is 11.7. The van der Waals surface area contributed by atoms with Gasteiger partial charge in [-0.15, -0.1) is 0 Å². The number of rotatable bonds is 4. The van der Waals surface area contributed by atoms with E-state index in [4.69, 9.17) is 4.42 Å². The second kappa shape index (κ2) is 8.47. The van der Waals surface area contributed by atoms with Crippen LogP contribution in [0, 0.1) is 29.1 Å². The molecule has 3 heteroatoms. The van der Waals surface area contributed by atoms with Gasteiger partial charge in [-0.05, 0) is 96.6 Å². The molecule has 0 radical (unpaired) electrons. The quantitative estimate of drug-likeness (QED) is 0.462. The highest BCUT2D eigenvalue weighted by Crippen LogP contribution is 2.67. The van der Waals surface area contributed by atoms with Crippen LogP contribution in [0.15, 0.2) is 70.1 Å². The Morgan fingerprint density at radius 2 is 1.89 bits per heavy atom. The van der Waals surface area contributed by atoms with E-state index in [0.29, 0.717) is 35.9 Å². The Bertz CT molecular complexity index is 1210. The van der Waals surface area contributed by atoms with Crippen LogP contribution < -0.4 is 0 Å². The van der Waals surface area contributed by atoms with Gasteiger partial charge in [0.15, 0.2) is 5.78 Å². The normalized spacial score (nSPS) is 34.2. The SMILES string of the molecule is CC[C@@H]1CC2C3CCC4=CC(=O)CCC4=C3C(c3ccc(-c4ccoc4)cc3)C[C@]2(C)C1C(C)=O. The number of hydrogen-bond donors (Lipinski definition) is 0. The summed E-state index contributed by atoms with van der Waals surface area (Å²) in [4.78, 5) is 25.3. The molecule has 2 aromatic rings. The minimum absolute atomic E-state index is 0.0286. The third-order valence-corrected chi connectivity index (χ3v) is 10.0. The van der Waals surface area contributed by atoms with E-state index in [1.54, 1.807) is 18.1 Å². The van der Waals surface area contributed by atoms with E-state index in [2.05, 4.69) is 38.1 Å². The fraction of sp³-hybridized carbons (Fsp3) is 0.500. The lowest BCUT2D eigenvalue weighted by Gasteiger charge is -2.52. The van der Waals surface area contributed by atoms with Crippen molar-refractivity contribution in [1.29, 1.82) is 0 Å². The van der Waals surface area contributed by atoms with Gasteiger partial charge in [0.25, 0.3) is 0 Å². The molecule has 2 saturated carbocycles. The smallest absolute Gasteiger partial charge is 0.156 e. The Morgan fingerprint density at radius 3 is 2.57 bits per heavy atom. The lowest BCUT2D eigenvalue weighted by molar-refractivity contribution is -0.126. The van der Waals surface area contributed by atoms with Crippen molar-refractivity contribution in [3.8, 4) is 11.1 Å². The molecule has 4 unspecified atom stereocenters. The van der Waals surface area contributed by atoms with Gasteiger partial charge >= 0.3 is 0 Å². The van der Waals surface area contributed by atoms with Gasteiger partial charge in [-0.2, -0.15) is 0 Å². The molecule has 3 nitrogen and oxygen atoms in total. The van der Waals surface area contributed by atoms with E-state index < -0.39 is 0 Å². The van der Waals surface area contributed by atoms with E-state index in [-0.39, 0.29) is 17.1 Å². The third kappa shape index (κ3) is 3.53. The van der Waals surface area contributed by atoms with Crippen LogP contribution in [0.5, 0.6) is 0 Å². The molecule has 0 amide bonds. The zero-order valence-corrected chi connectivity index (χ0v) is 21.2. The van der Waals surface area contributed by atoms with Crippen molar-refractivity contribution in [1.82, 2.24) is 0 Å². The van der Waals surface area contributed by atoms with Gasteiger partial charge in [0.05, 0.1) is 12.5 Å². The molecule has 0 spiro atoms. The molecule has 1 aromatic carbocycles. The fourth-order valence-electron chi connectivity index (χ4n) is 8.68. The van der Waals surface area contributed by atoms with Crippen LogP contribution in [0.25, 0.3) is 11.1 Å². The predicted molar refractivity (Wildman–Crippen MR) is 138 cm³/mol. The van der Waals surface area contributed by atoms with Crippen molar-refractivity contribution in [3.05, 3.63) is 71.2 Å². The van der Waals surface area contributed by atoms with Crippen molar-refractivity contribution >= 4 is 11.6 Å². The molecule has 0 saturated heterocycles. The van der Waals surface area contributed by atoms with Gasteiger partial charge in [0.1, 0.15) is 5.78 Å². The summed E-state index contributed by atoms with van der Waals surface area (Å²) in [5, 5.41) is 0. The van der Waals surface area contributed by atoms with Crippen molar-refractivity contribution in [2.75, 3.05) is 0 Å². The zero-order valence-electron chi connectivity index (χ0n) is 21.2. The second-order valence-corrected chi connectivity index (χ2v) is 11.7. The monoisotopic (exact) mass is 468 g/mol. The minimum atomic E-state index is 0.0286. The standard InChI is InChI=1S/C32H36O3/c1-4-20-16-29-27-11-9-23-15-25(34)10-12-26(23)30(27)28(17-32(29,3)31(20)19(2)33)22-7-5-21(6-8-22)24-13-14-35-18-24/h5-8,13-15,18,20,27-29,31H,4,9-12,16-17H2,1-3H3/t20-,27?,28?,29?,31?,32+/m1/s1. The number of furan rings is 1. The summed E-state index contributed by atoms with van der Waals surface area (Å²) in [5.74, 6) is 2.70. The summed E-state index contributed by atoms with van der Waals surface area (Å²) in [6, 6.07) is 11.0. The van der Waals surface area contributed by atoms with E-state index in [1.807, 2.05) is 19.1 Å². The zero-order chi connectivity index (χ0) is 24.3. The van der Waals surface area contributed by atoms with Gasteiger partial charge < -0.3 is 4.42 Å². The molecule has 2 fully saturated rings. The van der Waals surface area contributed by atoms with Crippen LogP contribution in [0.4, 0.5) is 0 Å². The Kier molecular flexibility index (Phi) is 5.51. The number of carbonyl (C=O) groups is 2. The summed E-state index contributed by atoms with van der Waals surface area (Å²) in [5.41, 5.74) is 8.02. The Morgan fingerprint density at radius 1 is 1.09 bits per heavy atom. The van der Waals surface area contributed by atoms with E-state index in [0.717, 1.165) is 43.2 Å². The van der Waals surface area contributed by atoms with E-state index in [9.17, 15) is 9.59 Å². The average molecular weight is 469 g/mol. The van der Waals surface area contributed by atoms with Crippen LogP contribution in [0.3, 0.4) is 0 Å². The highest BCUT2D eigenvalue weighted by atomic mass is 16.3. The van der Waals surface area contributed by atoms with Crippen molar-refractivity contribution < 1.29 is 14.0 Å². The topological polar surface area (TPSA) is 47.3 Å². The molecule has 182 valence electrons. The highest BCUT2D eigenvalue weighted by molar-refractivity contribution is 5.93. The van der Waals surface area contributed by atoms with E-state index >= 15 is 0 Å². The molecule has 4 aliphatic carbocycles. The molecule has 0 N–H and O–H groups in total. The van der Waals surface area contributed by atoms with Crippen molar-refractivity contribution in [2.45, 2.75) is 71.6 Å². The van der Waals surface area contributed by atoms with Crippen LogP contribution in [-0.2, 0) is 9.59 Å². The summed E-state index contributed by atoms with van der Waals surface area (Å²) >= 11 is 0. The van der Waals surface area contributed by atoms with Gasteiger partial charge in [-0.1, -0.05) is 50.1 Å². The largest absolute Gasteiger partial charge is 0.472 e. The molecule has 1 aromatic heterocycles. The Labute approximate surface area is 208 Å². The molecular weight excluding hydrogens is 432 g/mol. The lowest BCUT2D eigenvalue weighted by Crippen LogP contribution is -2.45. The average Bonchev–Trinajstić information content (AvgIpc) is 3.49. The maximum atomic E-state index is 13.1. The van der Waals surface area contributed by atoms with Crippen LogP contribution in [0.2, 0.25) is 0 Å². The van der Waals surface area contributed by atoms with Crippen molar-refractivity contribution in [2.24, 2.45) is 29.1 Å². The van der Waals surface area contributed by atoms with Gasteiger partial charge in [0, 0.05) is 23.8 Å². The van der Waals surface area contributed by atoms with E-state index in [1.165, 1.54) is 23.1 Å². The van der Waals surface area contributed by atoms with Gasteiger partial charge in [-0.3, -0.25) is 9.59 Å². The molecular formula is C32H36O3. The number of benzene rings is 1. The Balaban J connectivity index is 1.49. The maximum Gasteiger partial charge on any atom is 0.156 e.